The molecule has 2 heterocycles. The van der Waals surface area contributed by atoms with Crippen molar-refractivity contribution in [3.63, 3.8) is 0 Å². The molecule has 1 aromatic heterocycles. The molecule has 0 fully saturated rings. The molecule has 0 radical (unpaired) electrons. The number of hydrogen-bond acceptors (Lipinski definition) is 0. The summed E-state index contributed by atoms with van der Waals surface area (Å²) in [5, 5.41) is 2.70. The molecule has 1 aliphatic heterocycles. The number of pyridine rings is 1. The monoisotopic (exact) mass is 458 g/mol. The SMILES string of the molecule is CCCCc1cc2c3c4[n+](ccc3c1C)C(C)(CC)C(CC)(CC)c1ccc(F)c(c1-4)C2(C)C. The summed E-state index contributed by atoms with van der Waals surface area (Å²) in [6, 6.07) is 8.68. The molecule has 2 aliphatic rings. The fourth-order valence-electron chi connectivity index (χ4n) is 7.83. The number of unbranched alkanes of at least 4 members (excludes halogenated alkanes) is 1. The van der Waals surface area contributed by atoms with E-state index in [4.69, 9.17) is 0 Å². The van der Waals surface area contributed by atoms with Crippen molar-refractivity contribution in [2.24, 2.45) is 0 Å². The predicted octanol–water partition coefficient (Wildman–Crippen LogP) is 8.42. The van der Waals surface area contributed by atoms with Gasteiger partial charge in [-0.1, -0.05) is 60.1 Å². The number of benzene rings is 2. The van der Waals surface area contributed by atoms with Crippen LogP contribution in [0.4, 0.5) is 4.39 Å². The standard InChI is InChI=1S/C32H41FN/c1-9-13-14-21-19-24-26-22(20(21)5)17-18-34-29(26)27-23(15-16-25(33)28(27)30(24,6)7)32(11-3,12-4)31(34,8)10-2/h15-19H,9-14H2,1-8H3/q+1. The molecule has 1 aliphatic carbocycles. The van der Waals surface area contributed by atoms with Crippen molar-refractivity contribution in [2.75, 3.05) is 0 Å². The molecule has 1 unspecified atom stereocenters. The Morgan fingerprint density at radius 3 is 2.24 bits per heavy atom. The highest BCUT2D eigenvalue weighted by molar-refractivity contribution is 6.03. The average molecular weight is 459 g/mol. The van der Waals surface area contributed by atoms with Gasteiger partial charge in [0.05, 0.1) is 16.4 Å². The summed E-state index contributed by atoms with van der Waals surface area (Å²) >= 11 is 0. The van der Waals surface area contributed by atoms with Crippen molar-refractivity contribution in [1.29, 1.82) is 0 Å². The summed E-state index contributed by atoms with van der Waals surface area (Å²) in [4.78, 5) is 0. The summed E-state index contributed by atoms with van der Waals surface area (Å²) in [6.45, 7) is 18.4. The molecule has 0 saturated carbocycles. The second-order valence-corrected chi connectivity index (χ2v) is 11.5. The van der Waals surface area contributed by atoms with E-state index in [1.54, 1.807) is 6.07 Å². The third-order valence-corrected chi connectivity index (χ3v) is 10.1. The first-order chi connectivity index (χ1) is 16.1. The highest BCUT2D eigenvalue weighted by atomic mass is 19.1. The highest BCUT2D eigenvalue weighted by Crippen LogP contribution is 2.59. The molecule has 0 amide bonds. The summed E-state index contributed by atoms with van der Waals surface area (Å²) in [7, 11) is 0. The largest absolute Gasteiger partial charge is 0.221 e. The number of rotatable bonds is 6. The maximum absolute atomic E-state index is 15.9. The number of halogens is 1. The topological polar surface area (TPSA) is 3.88 Å². The van der Waals surface area contributed by atoms with E-state index in [-0.39, 0.29) is 22.2 Å². The molecule has 34 heavy (non-hydrogen) atoms. The van der Waals surface area contributed by atoms with E-state index in [1.165, 1.54) is 57.1 Å². The molecule has 0 bridgehead atoms. The summed E-state index contributed by atoms with van der Waals surface area (Å²) in [6.07, 6.45) is 8.90. The number of aryl methyl sites for hydroxylation is 2. The zero-order valence-corrected chi connectivity index (χ0v) is 22.5. The van der Waals surface area contributed by atoms with E-state index >= 15 is 4.39 Å². The molecule has 1 atom stereocenters. The van der Waals surface area contributed by atoms with E-state index in [0.29, 0.717) is 0 Å². The minimum absolute atomic E-state index is 0.0332. The Hall–Kier alpha value is -2.22. The fraction of sp³-hybridized carbons (Fsp3) is 0.531. The summed E-state index contributed by atoms with van der Waals surface area (Å²) in [5.74, 6) is -0.0603. The second-order valence-electron chi connectivity index (χ2n) is 11.5. The lowest BCUT2D eigenvalue weighted by molar-refractivity contribution is -0.765. The zero-order chi connectivity index (χ0) is 24.6. The maximum Gasteiger partial charge on any atom is 0.221 e. The molecule has 180 valence electrons. The predicted molar refractivity (Wildman–Crippen MR) is 141 cm³/mol. The highest BCUT2D eigenvalue weighted by Gasteiger charge is 2.60. The van der Waals surface area contributed by atoms with Crippen LogP contribution >= 0.6 is 0 Å². The smallest absolute Gasteiger partial charge is 0.207 e. The van der Waals surface area contributed by atoms with Crippen LogP contribution in [-0.4, -0.2) is 0 Å². The average Bonchev–Trinajstić information content (AvgIpc) is 2.83. The van der Waals surface area contributed by atoms with Gasteiger partial charge in [0.25, 0.3) is 0 Å². The van der Waals surface area contributed by atoms with Crippen LogP contribution in [0.2, 0.25) is 0 Å². The van der Waals surface area contributed by atoms with Gasteiger partial charge in [-0.25, -0.2) is 4.39 Å². The van der Waals surface area contributed by atoms with Crippen molar-refractivity contribution in [2.45, 2.75) is 110 Å². The third-order valence-electron chi connectivity index (χ3n) is 10.1. The Bertz CT molecular complexity index is 1310. The quantitative estimate of drug-likeness (QED) is 0.326. The van der Waals surface area contributed by atoms with Crippen LogP contribution in [0.15, 0.2) is 30.5 Å². The van der Waals surface area contributed by atoms with Gasteiger partial charge >= 0.3 is 0 Å². The van der Waals surface area contributed by atoms with Crippen LogP contribution in [0, 0.1) is 12.7 Å². The van der Waals surface area contributed by atoms with Crippen molar-refractivity contribution in [3.8, 4) is 11.3 Å². The van der Waals surface area contributed by atoms with Gasteiger partial charge in [-0.15, -0.1) is 0 Å². The van der Waals surface area contributed by atoms with E-state index in [2.05, 4.69) is 84.4 Å². The molecule has 2 heteroatoms. The number of nitrogens with zero attached hydrogens (tertiary/aromatic N) is 1. The Balaban J connectivity index is 2.04. The molecule has 0 saturated heterocycles. The molecular formula is C32H41FN+. The van der Waals surface area contributed by atoms with Crippen molar-refractivity contribution in [1.82, 2.24) is 0 Å². The van der Waals surface area contributed by atoms with E-state index in [1.807, 2.05) is 0 Å². The first-order valence-electron chi connectivity index (χ1n) is 13.5. The van der Waals surface area contributed by atoms with Gasteiger partial charge in [0.2, 0.25) is 5.69 Å². The summed E-state index contributed by atoms with van der Waals surface area (Å²) < 4.78 is 18.4. The van der Waals surface area contributed by atoms with Crippen LogP contribution in [0.5, 0.6) is 0 Å². The van der Waals surface area contributed by atoms with E-state index < -0.39 is 0 Å². The minimum atomic E-state index is -0.387. The second kappa shape index (κ2) is 7.64. The Labute approximate surface area is 205 Å². The first kappa shape index (κ1) is 23.5. The van der Waals surface area contributed by atoms with Gasteiger partial charge in [0.15, 0.2) is 11.7 Å². The van der Waals surface area contributed by atoms with Crippen molar-refractivity contribution < 1.29 is 8.96 Å². The van der Waals surface area contributed by atoms with Crippen LogP contribution < -0.4 is 4.57 Å². The van der Waals surface area contributed by atoms with E-state index in [0.717, 1.165) is 31.2 Å². The number of hydrogen-bond donors (Lipinski definition) is 0. The normalized spacial score (nSPS) is 21.2. The lowest BCUT2D eigenvalue weighted by atomic mass is 9.55. The summed E-state index contributed by atoms with van der Waals surface area (Å²) in [5.41, 5.74) is 8.31. The van der Waals surface area contributed by atoms with Gasteiger partial charge in [0.1, 0.15) is 5.82 Å². The molecule has 0 N–H and O–H groups in total. The van der Waals surface area contributed by atoms with Gasteiger partial charge in [-0.05, 0) is 66.3 Å². The minimum Gasteiger partial charge on any atom is -0.207 e. The molecule has 1 nitrogen and oxygen atoms in total. The van der Waals surface area contributed by atoms with Crippen LogP contribution in [-0.2, 0) is 22.8 Å². The maximum atomic E-state index is 15.9. The zero-order valence-electron chi connectivity index (χ0n) is 22.5. The first-order valence-corrected chi connectivity index (χ1v) is 13.5. The van der Waals surface area contributed by atoms with Crippen LogP contribution in [0.3, 0.4) is 0 Å². The Kier molecular flexibility index (Phi) is 5.28. The van der Waals surface area contributed by atoms with Gasteiger partial charge in [-0.2, -0.15) is 4.57 Å². The molecule has 3 aromatic rings. The lowest BCUT2D eigenvalue weighted by Gasteiger charge is -2.50. The third kappa shape index (κ3) is 2.58. The molecule has 0 spiro atoms. The fourth-order valence-corrected chi connectivity index (χ4v) is 7.83. The Morgan fingerprint density at radius 2 is 1.62 bits per heavy atom. The Morgan fingerprint density at radius 1 is 0.912 bits per heavy atom. The van der Waals surface area contributed by atoms with Crippen LogP contribution in [0.1, 0.15) is 108 Å². The number of aromatic nitrogens is 1. The van der Waals surface area contributed by atoms with Gasteiger partial charge < -0.3 is 0 Å². The van der Waals surface area contributed by atoms with Gasteiger partial charge in [0, 0.05) is 30.4 Å². The molecular weight excluding hydrogens is 417 g/mol. The van der Waals surface area contributed by atoms with Crippen molar-refractivity contribution in [3.05, 3.63) is 64.1 Å². The van der Waals surface area contributed by atoms with E-state index in [9.17, 15) is 0 Å². The molecule has 2 aromatic carbocycles. The molecule has 5 rings (SSSR count). The lowest BCUT2D eigenvalue weighted by Crippen LogP contribution is -2.68. The van der Waals surface area contributed by atoms with Crippen molar-refractivity contribution >= 4 is 10.8 Å². The van der Waals surface area contributed by atoms with Gasteiger partial charge in [-0.3, -0.25) is 0 Å². The van der Waals surface area contributed by atoms with Crippen LogP contribution in [0.25, 0.3) is 22.0 Å².